The van der Waals surface area contributed by atoms with Gasteiger partial charge >= 0.3 is 6.09 Å². The van der Waals surface area contributed by atoms with E-state index in [1.165, 1.54) is 10.8 Å². The number of hydrogen-bond acceptors (Lipinski definition) is 4. The second-order valence-corrected chi connectivity index (χ2v) is 6.98. The number of nitrogens with one attached hydrogen (secondary N) is 2. The first-order valence-electron chi connectivity index (χ1n) is 9.25. The number of nitrogens with zero attached hydrogens (tertiary/aromatic N) is 2. The Balaban J connectivity index is 1.51. The molecule has 27 heavy (non-hydrogen) atoms. The van der Waals surface area contributed by atoms with Crippen molar-refractivity contribution in [1.29, 1.82) is 0 Å². The molecule has 1 amide bonds. The van der Waals surface area contributed by atoms with Gasteiger partial charge in [-0.15, -0.1) is 0 Å². The van der Waals surface area contributed by atoms with Gasteiger partial charge < -0.3 is 15.7 Å². The van der Waals surface area contributed by atoms with E-state index >= 15 is 0 Å². The van der Waals surface area contributed by atoms with Gasteiger partial charge in [0.2, 0.25) is 5.95 Å². The van der Waals surface area contributed by atoms with Crippen LogP contribution in [-0.2, 0) is 0 Å². The summed E-state index contributed by atoms with van der Waals surface area (Å²) in [7, 11) is 0. The Bertz CT molecular complexity index is 960. The van der Waals surface area contributed by atoms with E-state index in [9.17, 15) is 4.79 Å². The number of carbonyl (C=O) groups is 1. The number of hydrogen-bond donors (Lipinski definition) is 3. The molecule has 0 radical (unpaired) electrons. The highest BCUT2D eigenvalue weighted by atomic mass is 16.4. The molecule has 0 aliphatic heterocycles. The second-order valence-electron chi connectivity index (χ2n) is 6.98. The zero-order chi connectivity index (χ0) is 18.6. The van der Waals surface area contributed by atoms with Gasteiger partial charge in [-0.05, 0) is 48.6 Å². The van der Waals surface area contributed by atoms with Crippen LogP contribution in [0.25, 0.3) is 22.0 Å². The molecular weight excluding hydrogens is 340 g/mol. The van der Waals surface area contributed by atoms with E-state index in [1.807, 2.05) is 18.2 Å². The lowest BCUT2D eigenvalue weighted by Gasteiger charge is -2.29. The summed E-state index contributed by atoms with van der Waals surface area (Å²) in [5, 5.41) is 17.3. The quantitative estimate of drug-likeness (QED) is 0.644. The SMILES string of the molecule is O=C(O)NC1CCCC(Nc2nccc(-c3ccc4ccccc4c3)n2)C1. The van der Waals surface area contributed by atoms with Crippen LogP contribution in [0, 0.1) is 0 Å². The zero-order valence-electron chi connectivity index (χ0n) is 14.9. The first kappa shape index (κ1) is 17.3. The van der Waals surface area contributed by atoms with Crippen LogP contribution in [0.4, 0.5) is 10.7 Å². The Hall–Kier alpha value is -3.15. The molecule has 2 atom stereocenters. The van der Waals surface area contributed by atoms with Crippen molar-refractivity contribution in [2.45, 2.75) is 37.8 Å². The van der Waals surface area contributed by atoms with Crippen LogP contribution in [-0.4, -0.2) is 33.3 Å². The molecule has 1 aromatic heterocycles. The molecule has 1 aliphatic rings. The summed E-state index contributed by atoms with van der Waals surface area (Å²) in [6.45, 7) is 0. The minimum atomic E-state index is -0.963. The van der Waals surface area contributed by atoms with Crippen LogP contribution < -0.4 is 10.6 Å². The van der Waals surface area contributed by atoms with Crippen LogP contribution in [0.5, 0.6) is 0 Å². The zero-order valence-corrected chi connectivity index (χ0v) is 14.9. The fourth-order valence-electron chi connectivity index (χ4n) is 3.75. The molecule has 3 N–H and O–H groups in total. The predicted octanol–water partition coefficient (Wildman–Crippen LogP) is 4.29. The highest BCUT2D eigenvalue weighted by Crippen LogP contribution is 2.25. The van der Waals surface area contributed by atoms with Gasteiger partial charge in [0, 0.05) is 23.8 Å². The molecule has 6 nitrogen and oxygen atoms in total. The maximum atomic E-state index is 10.9. The van der Waals surface area contributed by atoms with Crippen molar-refractivity contribution in [1.82, 2.24) is 15.3 Å². The molecule has 2 aromatic carbocycles. The minimum absolute atomic E-state index is 0.0163. The van der Waals surface area contributed by atoms with Crippen LogP contribution in [0.2, 0.25) is 0 Å². The smallest absolute Gasteiger partial charge is 0.404 e. The summed E-state index contributed by atoms with van der Waals surface area (Å²) in [5.41, 5.74) is 1.92. The van der Waals surface area contributed by atoms with Crippen molar-refractivity contribution < 1.29 is 9.90 Å². The number of fused-ring (bicyclic) bond motifs is 1. The molecule has 138 valence electrons. The number of aromatic nitrogens is 2. The Morgan fingerprint density at radius 2 is 1.85 bits per heavy atom. The van der Waals surface area contributed by atoms with E-state index in [1.54, 1.807) is 6.20 Å². The average molecular weight is 362 g/mol. The van der Waals surface area contributed by atoms with Gasteiger partial charge in [-0.2, -0.15) is 0 Å². The monoisotopic (exact) mass is 362 g/mol. The number of anilines is 1. The topological polar surface area (TPSA) is 87.1 Å². The molecule has 1 heterocycles. The Morgan fingerprint density at radius 1 is 1.04 bits per heavy atom. The van der Waals surface area contributed by atoms with Crippen LogP contribution in [0.1, 0.15) is 25.7 Å². The maximum Gasteiger partial charge on any atom is 0.404 e. The van der Waals surface area contributed by atoms with Gasteiger partial charge in [0.25, 0.3) is 0 Å². The van der Waals surface area contributed by atoms with E-state index in [2.05, 4.69) is 50.9 Å². The van der Waals surface area contributed by atoms with E-state index in [0.29, 0.717) is 5.95 Å². The molecule has 0 saturated heterocycles. The van der Waals surface area contributed by atoms with Crippen LogP contribution in [0.15, 0.2) is 54.7 Å². The second kappa shape index (κ2) is 7.61. The molecule has 0 bridgehead atoms. The average Bonchev–Trinajstić information content (AvgIpc) is 2.67. The van der Waals surface area contributed by atoms with Crippen molar-refractivity contribution in [3.05, 3.63) is 54.7 Å². The van der Waals surface area contributed by atoms with Gasteiger partial charge in [0.05, 0.1) is 5.69 Å². The third kappa shape index (κ3) is 4.16. The van der Waals surface area contributed by atoms with Crippen molar-refractivity contribution in [2.24, 2.45) is 0 Å². The largest absolute Gasteiger partial charge is 0.465 e. The maximum absolute atomic E-state index is 10.9. The highest BCUT2D eigenvalue weighted by molar-refractivity contribution is 5.86. The lowest BCUT2D eigenvalue weighted by molar-refractivity contribution is 0.185. The predicted molar refractivity (Wildman–Crippen MR) is 106 cm³/mol. The summed E-state index contributed by atoms with van der Waals surface area (Å²) < 4.78 is 0. The Morgan fingerprint density at radius 3 is 2.70 bits per heavy atom. The fourth-order valence-corrected chi connectivity index (χ4v) is 3.75. The first-order chi connectivity index (χ1) is 13.2. The summed E-state index contributed by atoms with van der Waals surface area (Å²) in [5.74, 6) is 0.585. The molecule has 2 unspecified atom stereocenters. The molecule has 4 rings (SSSR count). The van der Waals surface area contributed by atoms with E-state index in [4.69, 9.17) is 5.11 Å². The Labute approximate surface area is 157 Å². The lowest BCUT2D eigenvalue weighted by atomic mass is 9.91. The summed E-state index contributed by atoms with van der Waals surface area (Å²) in [6.07, 6.45) is 4.39. The highest BCUT2D eigenvalue weighted by Gasteiger charge is 2.23. The molecule has 1 saturated carbocycles. The number of carboxylic acid groups (broad SMARTS) is 1. The standard InChI is InChI=1S/C21H22N4O2/c26-21(27)24-18-7-3-6-17(13-18)23-20-22-11-10-19(25-20)16-9-8-14-4-1-2-5-15(14)12-16/h1-2,4-5,8-12,17-18,24H,3,6-7,13H2,(H,26,27)(H,22,23,25). The molecule has 0 spiro atoms. The lowest BCUT2D eigenvalue weighted by Crippen LogP contribution is -2.41. The molecule has 3 aromatic rings. The molecule has 1 aliphatic carbocycles. The van der Waals surface area contributed by atoms with E-state index in [-0.39, 0.29) is 12.1 Å². The van der Waals surface area contributed by atoms with Crippen molar-refractivity contribution in [3.63, 3.8) is 0 Å². The van der Waals surface area contributed by atoms with Gasteiger partial charge in [-0.25, -0.2) is 14.8 Å². The number of amides is 1. The summed E-state index contributed by atoms with van der Waals surface area (Å²) >= 11 is 0. The molecular formula is C21H22N4O2. The number of rotatable bonds is 4. The van der Waals surface area contributed by atoms with Crippen molar-refractivity contribution in [2.75, 3.05) is 5.32 Å². The van der Waals surface area contributed by atoms with Gasteiger partial charge in [-0.1, -0.05) is 36.4 Å². The van der Waals surface area contributed by atoms with Crippen molar-refractivity contribution in [3.8, 4) is 11.3 Å². The van der Waals surface area contributed by atoms with Crippen LogP contribution in [0.3, 0.4) is 0 Å². The van der Waals surface area contributed by atoms with Crippen molar-refractivity contribution >= 4 is 22.8 Å². The first-order valence-corrected chi connectivity index (χ1v) is 9.25. The normalized spacial score (nSPS) is 19.6. The van der Waals surface area contributed by atoms with Gasteiger partial charge in [0.1, 0.15) is 0 Å². The van der Waals surface area contributed by atoms with Gasteiger partial charge in [-0.3, -0.25) is 0 Å². The Kier molecular flexibility index (Phi) is 4.87. The third-order valence-electron chi connectivity index (χ3n) is 5.04. The van der Waals surface area contributed by atoms with Crippen LogP contribution >= 0.6 is 0 Å². The number of benzene rings is 2. The molecule has 1 fully saturated rings. The summed E-state index contributed by atoms with van der Waals surface area (Å²) in [4.78, 5) is 19.9. The minimum Gasteiger partial charge on any atom is -0.465 e. The van der Waals surface area contributed by atoms with E-state index in [0.717, 1.165) is 36.9 Å². The van der Waals surface area contributed by atoms with Gasteiger partial charge in [0.15, 0.2) is 0 Å². The third-order valence-corrected chi connectivity index (χ3v) is 5.04. The van der Waals surface area contributed by atoms with E-state index < -0.39 is 6.09 Å². The fraction of sp³-hybridized carbons (Fsp3) is 0.286. The summed E-state index contributed by atoms with van der Waals surface area (Å²) in [6, 6.07) is 16.6. The molecule has 6 heteroatoms.